The van der Waals surface area contributed by atoms with Crippen molar-refractivity contribution in [2.75, 3.05) is 0 Å². The first-order valence-corrected chi connectivity index (χ1v) is 23.1. The highest BCUT2D eigenvalue weighted by Gasteiger charge is 2.20. The number of benzene rings is 9. The third kappa shape index (κ3) is 6.78. The Balaban J connectivity index is 1.05. The van der Waals surface area contributed by atoms with Crippen LogP contribution < -0.4 is 0 Å². The molecule has 0 N–H and O–H groups in total. The Kier molecular flexibility index (Phi) is 9.99. The lowest BCUT2D eigenvalue weighted by molar-refractivity contribution is 0.949. The van der Waals surface area contributed by atoms with Crippen LogP contribution in [0.1, 0.15) is 62.6 Å². The first kappa shape index (κ1) is 38.1. The highest BCUT2D eigenvalue weighted by atomic mass is 32.1. The summed E-state index contributed by atoms with van der Waals surface area (Å²) < 4.78 is 2.68. The molecule has 1 aliphatic carbocycles. The molecule has 1 heteroatoms. The van der Waals surface area contributed by atoms with Gasteiger partial charge in [0.25, 0.3) is 0 Å². The fourth-order valence-electron chi connectivity index (χ4n) is 10.3. The van der Waals surface area contributed by atoms with Gasteiger partial charge < -0.3 is 0 Å². The lowest BCUT2D eigenvalue weighted by Crippen LogP contribution is -2.00. The summed E-state index contributed by atoms with van der Waals surface area (Å²) in [5, 5.41) is 10.6. The molecule has 62 heavy (non-hydrogen) atoms. The molecule has 0 unspecified atom stereocenters. The minimum absolute atomic E-state index is 0.973. The summed E-state index contributed by atoms with van der Waals surface area (Å²) in [5.74, 6) is 0. The van der Waals surface area contributed by atoms with Gasteiger partial charge in [-0.05, 0) is 157 Å². The smallest absolute Gasteiger partial charge is 0.0355 e. The quantitative estimate of drug-likeness (QED) is 0.147. The molecule has 1 heterocycles. The zero-order valence-electron chi connectivity index (χ0n) is 35.4. The Bertz CT molecular complexity index is 3410. The molecule has 0 amide bonds. The highest BCUT2D eigenvalue weighted by Crippen LogP contribution is 2.45. The minimum atomic E-state index is 0.973. The fourth-order valence-corrected chi connectivity index (χ4v) is 11.4. The fraction of sp³-hybridized carbons (Fsp3) is 0.115. The van der Waals surface area contributed by atoms with Gasteiger partial charge in [-0.1, -0.05) is 182 Å². The molecular weight excluding hydrogens is 765 g/mol. The molecule has 0 saturated heterocycles. The van der Waals surface area contributed by atoms with Crippen LogP contribution in [0.4, 0.5) is 0 Å². The molecule has 0 atom stereocenters. The molecule has 1 aromatic heterocycles. The highest BCUT2D eigenvalue weighted by molar-refractivity contribution is 7.25. The zero-order valence-corrected chi connectivity index (χ0v) is 36.2. The second-order valence-corrected chi connectivity index (χ2v) is 18.0. The average molecular weight is 813 g/mol. The first-order chi connectivity index (χ1) is 30.6. The maximum atomic E-state index is 2.54. The van der Waals surface area contributed by atoms with Gasteiger partial charge in [-0.15, -0.1) is 11.3 Å². The van der Waals surface area contributed by atoms with Crippen LogP contribution in [-0.4, -0.2) is 0 Å². The number of thiophene rings is 1. The van der Waals surface area contributed by atoms with E-state index in [2.05, 4.69) is 208 Å². The molecule has 0 saturated carbocycles. The summed E-state index contributed by atoms with van der Waals surface area (Å²) in [6.07, 6.45) is 7.49. The van der Waals surface area contributed by atoms with Crippen LogP contribution in [0.25, 0.3) is 91.5 Å². The van der Waals surface area contributed by atoms with E-state index in [1.54, 1.807) is 0 Å². The number of allylic oxidation sites excluding steroid dienone is 6. The Hall–Kier alpha value is -6.80. The summed E-state index contributed by atoms with van der Waals surface area (Å²) >= 11 is 1.88. The van der Waals surface area contributed by atoms with Crippen LogP contribution in [0.5, 0.6) is 0 Å². The first-order valence-electron chi connectivity index (χ1n) is 22.2. The van der Waals surface area contributed by atoms with Crippen LogP contribution >= 0.6 is 11.3 Å². The average Bonchev–Trinajstić information content (AvgIpc) is 3.71. The maximum Gasteiger partial charge on any atom is 0.0355 e. The summed E-state index contributed by atoms with van der Waals surface area (Å²) in [6, 6.07) is 70.3. The van der Waals surface area contributed by atoms with Crippen molar-refractivity contribution in [2.24, 2.45) is 0 Å². The Morgan fingerprint density at radius 1 is 0.403 bits per heavy atom. The van der Waals surface area contributed by atoms with E-state index < -0.39 is 0 Å². The minimum Gasteiger partial charge on any atom is -0.135 e. The number of hydrogen-bond acceptors (Lipinski definition) is 1. The van der Waals surface area contributed by atoms with Gasteiger partial charge in [0.2, 0.25) is 0 Å². The van der Waals surface area contributed by atoms with Gasteiger partial charge in [0.05, 0.1) is 0 Å². The van der Waals surface area contributed by atoms with E-state index >= 15 is 0 Å². The summed E-state index contributed by atoms with van der Waals surface area (Å²) in [6.45, 7) is 4.73. The maximum absolute atomic E-state index is 2.54. The lowest BCUT2D eigenvalue weighted by atomic mass is 9.82. The van der Waals surface area contributed by atoms with Gasteiger partial charge in [-0.25, -0.2) is 0 Å². The largest absolute Gasteiger partial charge is 0.135 e. The standard InChI is InChI=1S/C61H48S/c1-3-47-49(43-18-8-5-9-19-43)24-14-23-48(40(2)28-35-50(47)44-31-29-42(30-32-44)41-16-6-4-7-17-41)45-33-36-56-57(38-45)53-21-11-10-20-52(53)55-26-15-25-51(61(55)56)46-34-37-60-58(39-46)54-22-12-13-27-59(54)62-60/h4-13,15-22,24-27,29-34,36-39H,3,14,23,28,35H2,1-2H3/b48-40-,49-24-,50-47+. The third-order valence-electron chi connectivity index (χ3n) is 13.4. The van der Waals surface area contributed by atoms with Gasteiger partial charge in [-0.2, -0.15) is 0 Å². The van der Waals surface area contributed by atoms with Crippen molar-refractivity contribution >= 4 is 80.5 Å². The van der Waals surface area contributed by atoms with Crippen LogP contribution in [-0.2, 0) is 0 Å². The van der Waals surface area contributed by atoms with Crippen molar-refractivity contribution < 1.29 is 0 Å². The molecule has 9 aromatic carbocycles. The second kappa shape index (κ2) is 16.2. The Labute approximate surface area is 368 Å². The SMILES string of the molecule is CCC1=C(\c2ccc(-c3ccccc3)cc2)CC/C(C)=C(\c2ccc3c(c2)c2ccccc2c2cccc(-c4ccc5sc6ccccc6c5c4)c23)CC/C=C\1c1ccccc1. The zero-order chi connectivity index (χ0) is 41.6. The van der Waals surface area contributed by atoms with Gasteiger partial charge in [0.15, 0.2) is 0 Å². The van der Waals surface area contributed by atoms with Crippen LogP contribution in [0.3, 0.4) is 0 Å². The molecule has 0 radical (unpaired) electrons. The van der Waals surface area contributed by atoms with Crippen LogP contribution in [0, 0.1) is 0 Å². The predicted octanol–water partition coefficient (Wildman–Crippen LogP) is 18.1. The molecular formula is C61H48S. The van der Waals surface area contributed by atoms with Gasteiger partial charge in [0, 0.05) is 20.2 Å². The molecule has 10 aromatic rings. The summed E-state index contributed by atoms with van der Waals surface area (Å²) in [5.41, 5.74) is 16.3. The van der Waals surface area contributed by atoms with Gasteiger partial charge >= 0.3 is 0 Å². The Morgan fingerprint density at radius 3 is 1.76 bits per heavy atom. The van der Waals surface area contributed by atoms with Crippen molar-refractivity contribution in [3.8, 4) is 22.3 Å². The van der Waals surface area contributed by atoms with Gasteiger partial charge in [0.1, 0.15) is 0 Å². The van der Waals surface area contributed by atoms with E-state index in [4.69, 9.17) is 0 Å². The van der Waals surface area contributed by atoms with Crippen molar-refractivity contribution in [1.29, 1.82) is 0 Å². The van der Waals surface area contributed by atoms with Crippen molar-refractivity contribution in [3.05, 3.63) is 222 Å². The topological polar surface area (TPSA) is 0 Å². The predicted molar refractivity (Wildman–Crippen MR) is 272 cm³/mol. The van der Waals surface area contributed by atoms with Crippen LogP contribution in [0.15, 0.2) is 205 Å². The van der Waals surface area contributed by atoms with Crippen molar-refractivity contribution in [1.82, 2.24) is 0 Å². The summed E-state index contributed by atoms with van der Waals surface area (Å²) in [7, 11) is 0. The Morgan fingerprint density at radius 2 is 0.984 bits per heavy atom. The van der Waals surface area contributed by atoms with Crippen LogP contribution in [0.2, 0.25) is 0 Å². The number of hydrogen-bond donors (Lipinski definition) is 0. The number of fused-ring (bicyclic) bond motifs is 9. The van der Waals surface area contributed by atoms with E-state index in [1.807, 2.05) is 11.3 Å². The summed E-state index contributed by atoms with van der Waals surface area (Å²) in [4.78, 5) is 0. The van der Waals surface area contributed by atoms with E-state index in [-0.39, 0.29) is 0 Å². The molecule has 298 valence electrons. The molecule has 0 nitrogen and oxygen atoms in total. The molecule has 0 bridgehead atoms. The van der Waals surface area contributed by atoms with Crippen molar-refractivity contribution in [2.45, 2.75) is 46.0 Å². The molecule has 11 rings (SSSR count). The van der Waals surface area contributed by atoms with E-state index in [1.165, 1.54) is 119 Å². The lowest BCUT2D eigenvalue weighted by Gasteiger charge is -2.22. The second-order valence-electron chi connectivity index (χ2n) is 16.9. The number of rotatable bonds is 6. The van der Waals surface area contributed by atoms with E-state index in [0.29, 0.717) is 0 Å². The van der Waals surface area contributed by atoms with E-state index in [0.717, 1.165) is 32.1 Å². The van der Waals surface area contributed by atoms with E-state index in [9.17, 15) is 0 Å². The molecule has 1 aliphatic rings. The normalized spacial score (nSPS) is 17.2. The molecule has 0 aliphatic heterocycles. The van der Waals surface area contributed by atoms with Gasteiger partial charge in [-0.3, -0.25) is 0 Å². The molecule has 0 fully saturated rings. The third-order valence-corrected chi connectivity index (χ3v) is 14.5. The monoisotopic (exact) mass is 812 g/mol. The molecule has 0 spiro atoms. The van der Waals surface area contributed by atoms with Crippen molar-refractivity contribution in [3.63, 3.8) is 0 Å².